The molecule has 1 aliphatic heterocycles. The van der Waals surface area contributed by atoms with Crippen LogP contribution in [0.1, 0.15) is 84.8 Å². The average Bonchev–Trinajstić information content (AvgIpc) is 2.92. The van der Waals surface area contributed by atoms with E-state index in [1.54, 1.807) is 44.4 Å². The normalized spacial score (nSPS) is 34.5. The molecule has 0 spiro atoms. The number of aliphatic hydroxyl groups excluding tert-OH is 1. The molecule has 0 unspecified atom stereocenters. The van der Waals surface area contributed by atoms with Crippen LogP contribution in [-0.4, -0.2) is 40.3 Å². The van der Waals surface area contributed by atoms with Gasteiger partial charge in [-0.25, -0.2) is 4.79 Å². The van der Waals surface area contributed by atoms with Gasteiger partial charge in [0.05, 0.1) is 6.10 Å². The first-order chi connectivity index (χ1) is 19.0. The highest BCUT2D eigenvalue weighted by molar-refractivity contribution is 5.69. The highest BCUT2D eigenvalue weighted by Crippen LogP contribution is 2.67. The molecular formula is C31H39NO8. The van der Waals surface area contributed by atoms with Crippen LogP contribution in [0.3, 0.4) is 0 Å². The lowest BCUT2D eigenvalue weighted by Gasteiger charge is -2.65. The molecular weight excluding hydrogens is 514 g/mol. The minimum atomic E-state index is -1.13. The van der Waals surface area contributed by atoms with E-state index in [0.29, 0.717) is 42.8 Å². The third kappa shape index (κ3) is 4.52. The maximum atomic E-state index is 13.3. The van der Waals surface area contributed by atoms with Crippen molar-refractivity contribution in [1.29, 1.82) is 0 Å². The Kier molecular flexibility index (Phi) is 7.31. The van der Waals surface area contributed by atoms with Crippen LogP contribution in [0, 0.1) is 22.7 Å². The first-order valence-electron chi connectivity index (χ1n) is 14.3. The van der Waals surface area contributed by atoms with Gasteiger partial charge in [0.1, 0.15) is 35.4 Å². The molecule has 0 amide bonds. The zero-order valence-electron chi connectivity index (χ0n) is 23.9. The molecule has 0 saturated heterocycles. The van der Waals surface area contributed by atoms with Gasteiger partial charge in [-0.05, 0) is 56.1 Å². The Labute approximate surface area is 234 Å². The minimum Gasteiger partial charge on any atom is -0.486 e. The lowest BCUT2D eigenvalue weighted by molar-refractivity contribution is -0.239. The van der Waals surface area contributed by atoms with Crippen molar-refractivity contribution in [3.8, 4) is 17.1 Å². The maximum absolute atomic E-state index is 13.3. The van der Waals surface area contributed by atoms with E-state index >= 15 is 0 Å². The summed E-state index contributed by atoms with van der Waals surface area (Å²) in [5, 5.41) is 11.9. The number of carbonyl (C=O) groups excluding carboxylic acids is 2. The third-order valence-corrected chi connectivity index (χ3v) is 9.82. The van der Waals surface area contributed by atoms with Crippen LogP contribution in [-0.2, 0) is 19.1 Å². The maximum Gasteiger partial charge on any atom is 0.345 e. The van der Waals surface area contributed by atoms with Crippen molar-refractivity contribution in [3.05, 3.63) is 46.6 Å². The van der Waals surface area contributed by atoms with Crippen LogP contribution in [0.2, 0.25) is 0 Å². The summed E-state index contributed by atoms with van der Waals surface area (Å²) in [5.74, 6) is -0.468. The quantitative estimate of drug-likeness (QED) is 0.492. The summed E-state index contributed by atoms with van der Waals surface area (Å²) in [6, 6.07) is 5.22. The number of hydrogen-bond acceptors (Lipinski definition) is 9. The van der Waals surface area contributed by atoms with Crippen molar-refractivity contribution in [1.82, 2.24) is 4.98 Å². The minimum absolute atomic E-state index is 0.0763. The van der Waals surface area contributed by atoms with Gasteiger partial charge in [0.25, 0.3) is 0 Å². The summed E-state index contributed by atoms with van der Waals surface area (Å²) in [7, 11) is 0. The topological polar surface area (TPSA) is 125 Å². The van der Waals surface area contributed by atoms with Crippen LogP contribution in [0.15, 0.2) is 39.8 Å². The van der Waals surface area contributed by atoms with E-state index in [0.717, 1.165) is 0 Å². The molecule has 2 aliphatic carbocycles. The lowest BCUT2D eigenvalue weighted by Crippen LogP contribution is -2.66. The SMILES string of the molecule is CCC(=O)OC[C@@]1(C)[C@@H]2CC[C@@]3(C)Oc4cc(-c5cccnc5)oc(=O)c4[C@H](O)[C@@H]3[C@@]2(C)CC[C@@H]1OC(=O)CC. The predicted octanol–water partition coefficient (Wildman–Crippen LogP) is 4.99. The Hall–Kier alpha value is -3.20. The van der Waals surface area contributed by atoms with E-state index in [4.69, 9.17) is 18.6 Å². The Morgan fingerprint density at radius 1 is 1.12 bits per heavy atom. The van der Waals surface area contributed by atoms with E-state index in [1.807, 2.05) is 13.8 Å². The Balaban J connectivity index is 1.55. The fraction of sp³-hybridized carbons (Fsp3) is 0.613. The van der Waals surface area contributed by atoms with Gasteiger partial charge in [0, 0.05) is 48.2 Å². The van der Waals surface area contributed by atoms with Crippen LogP contribution in [0.5, 0.6) is 5.75 Å². The third-order valence-electron chi connectivity index (χ3n) is 9.82. The molecule has 2 fully saturated rings. The molecule has 40 heavy (non-hydrogen) atoms. The van der Waals surface area contributed by atoms with Crippen molar-refractivity contribution in [2.45, 2.75) is 91.0 Å². The van der Waals surface area contributed by atoms with Crippen molar-refractivity contribution in [2.75, 3.05) is 6.61 Å². The summed E-state index contributed by atoms with van der Waals surface area (Å²) in [5.41, 5.74) is -1.83. The molecule has 2 aromatic heterocycles. The van der Waals surface area contributed by atoms with E-state index in [2.05, 4.69) is 11.9 Å². The number of hydrogen-bond donors (Lipinski definition) is 1. The molecule has 9 nitrogen and oxygen atoms in total. The molecule has 9 heteroatoms. The summed E-state index contributed by atoms with van der Waals surface area (Å²) in [6.45, 7) is 9.76. The molecule has 216 valence electrons. The van der Waals surface area contributed by atoms with Gasteiger partial charge in [-0.15, -0.1) is 0 Å². The van der Waals surface area contributed by atoms with Gasteiger partial charge in [-0.2, -0.15) is 0 Å². The summed E-state index contributed by atoms with van der Waals surface area (Å²) in [4.78, 5) is 42.0. The molecule has 2 saturated carbocycles. The standard InChI is InChI=1S/C31H39NO8/c1-6-23(33)37-17-30(4)21-10-13-31(5)27(29(21,3)12-11-22(30)39-24(34)7-2)26(35)25-20(40-31)15-19(38-28(25)36)18-9-8-14-32-16-18/h8-9,14-16,21-22,26-27,35H,6-7,10-13,17H2,1-5H3/t21-,22+,26+,27-,29+,30+,31-/m1/s1. The zero-order chi connectivity index (χ0) is 28.9. The van der Waals surface area contributed by atoms with Crippen molar-refractivity contribution < 1.29 is 33.3 Å². The molecule has 0 radical (unpaired) electrons. The molecule has 2 aromatic rings. The number of aromatic nitrogens is 1. The highest BCUT2D eigenvalue weighted by atomic mass is 16.6. The molecule has 0 aromatic carbocycles. The van der Waals surface area contributed by atoms with Gasteiger partial charge >= 0.3 is 17.6 Å². The molecule has 3 aliphatic rings. The van der Waals surface area contributed by atoms with Gasteiger partial charge in [0.2, 0.25) is 0 Å². The Morgan fingerprint density at radius 3 is 2.55 bits per heavy atom. The second-order valence-corrected chi connectivity index (χ2v) is 12.2. The highest BCUT2D eigenvalue weighted by Gasteiger charge is 2.67. The van der Waals surface area contributed by atoms with E-state index in [1.165, 1.54) is 0 Å². The molecule has 1 N–H and O–H groups in total. The van der Waals surface area contributed by atoms with Gasteiger partial charge in [-0.1, -0.05) is 27.7 Å². The Morgan fingerprint density at radius 2 is 1.88 bits per heavy atom. The largest absolute Gasteiger partial charge is 0.486 e. The van der Waals surface area contributed by atoms with Crippen molar-refractivity contribution in [2.24, 2.45) is 22.7 Å². The number of fused-ring (bicyclic) bond motifs is 4. The zero-order valence-corrected chi connectivity index (χ0v) is 23.9. The number of nitrogens with zero attached hydrogens (tertiary/aromatic N) is 1. The number of carbonyl (C=O) groups is 2. The molecule has 0 bridgehead atoms. The number of aliphatic hydroxyl groups is 1. The van der Waals surface area contributed by atoms with E-state index in [-0.39, 0.29) is 42.9 Å². The summed E-state index contributed by atoms with van der Waals surface area (Å²) >= 11 is 0. The first kappa shape index (κ1) is 28.3. The molecule has 7 atom stereocenters. The van der Waals surface area contributed by atoms with Gasteiger partial charge < -0.3 is 23.7 Å². The van der Waals surface area contributed by atoms with Gasteiger partial charge in [-0.3, -0.25) is 14.6 Å². The number of ether oxygens (including phenoxy) is 3. The summed E-state index contributed by atoms with van der Waals surface area (Å²) in [6.07, 6.45) is 4.68. The van der Waals surface area contributed by atoms with Gasteiger partial charge in [0.15, 0.2) is 0 Å². The smallest absolute Gasteiger partial charge is 0.345 e. The monoisotopic (exact) mass is 553 g/mol. The van der Waals surface area contributed by atoms with Crippen molar-refractivity contribution >= 4 is 11.9 Å². The van der Waals surface area contributed by atoms with Crippen LogP contribution in [0.4, 0.5) is 0 Å². The fourth-order valence-electron chi connectivity index (χ4n) is 7.92. The molecule has 5 rings (SSSR count). The van der Waals surface area contributed by atoms with Crippen molar-refractivity contribution in [3.63, 3.8) is 0 Å². The first-order valence-corrected chi connectivity index (χ1v) is 14.3. The second-order valence-electron chi connectivity index (χ2n) is 12.2. The predicted molar refractivity (Wildman–Crippen MR) is 145 cm³/mol. The molecule has 3 heterocycles. The fourth-order valence-corrected chi connectivity index (χ4v) is 7.92. The Bertz CT molecular complexity index is 1340. The lowest BCUT2D eigenvalue weighted by atomic mass is 9.43. The van der Waals surface area contributed by atoms with Crippen LogP contribution in [0.25, 0.3) is 11.3 Å². The van der Waals surface area contributed by atoms with Crippen LogP contribution >= 0.6 is 0 Å². The van der Waals surface area contributed by atoms with Crippen LogP contribution < -0.4 is 10.4 Å². The number of pyridine rings is 1. The van der Waals surface area contributed by atoms with E-state index in [9.17, 15) is 19.5 Å². The van der Waals surface area contributed by atoms with E-state index < -0.39 is 40.2 Å². The average molecular weight is 554 g/mol. The second kappa shape index (κ2) is 10.3. The number of esters is 2. The summed E-state index contributed by atoms with van der Waals surface area (Å²) < 4.78 is 23.9. The number of rotatable bonds is 6.